The summed E-state index contributed by atoms with van der Waals surface area (Å²) in [6.45, 7) is 1.27. The van der Waals surface area contributed by atoms with Crippen molar-refractivity contribution in [2.75, 3.05) is 26.1 Å². The monoisotopic (exact) mass is 306 g/mol. The number of carbonyl (C=O) groups is 1. The predicted octanol–water partition coefficient (Wildman–Crippen LogP) is 1.70. The summed E-state index contributed by atoms with van der Waals surface area (Å²) >= 11 is 1.34. The van der Waals surface area contributed by atoms with E-state index in [2.05, 4.69) is 20.0 Å². The first-order chi connectivity index (χ1) is 10.2. The van der Waals surface area contributed by atoms with E-state index in [1.165, 1.54) is 11.5 Å². The predicted molar refractivity (Wildman–Crippen MR) is 82.6 cm³/mol. The van der Waals surface area contributed by atoms with Crippen LogP contribution in [0.1, 0.15) is 21.7 Å². The Morgan fingerprint density at radius 3 is 2.76 bits per heavy atom. The lowest BCUT2D eigenvalue weighted by atomic mass is 10.1. The van der Waals surface area contributed by atoms with Gasteiger partial charge >= 0.3 is 0 Å². The molecule has 0 aliphatic rings. The van der Waals surface area contributed by atoms with Gasteiger partial charge < -0.3 is 15.4 Å². The van der Waals surface area contributed by atoms with Gasteiger partial charge in [-0.2, -0.15) is 4.37 Å². The van der Waals surface area contributed by atoms with Crippen LogP contribution in [0.5, 0.6) is 0 Å². The number of anilines is 1. The minimum Gasteiger partial charge on any atom is -0.384 e. The van der Waals surface area contributed by atoms with Gasteiger partial charge in [0.05, 0.1) is 6.61 Å². The highest BCUT2D eigenvalue weighted by atomic mass is 32.1. The molecule has 0 bridgehead atoms. The summed E-state index contributed by atoms with van der Waals surface area (Å²) in [5.74, 6) is 0.709. The van der Waals surface area contributed by atoms with Gasteiger partial charge in [0.2, 0.25) is 5.13 Å². The minimum absolute atomic E-state index is 0.0820. The van der Waals surface area contributed by atoms with Gasteiger partial charge in [0.1, 0.15) is 5.82 Å². The topological polar surface area (TPSA) is 76.1 Å². The maximum absolute atomic E-state index is 11.4. The largest absolute Gasteiger partial charge is 0.384 e. The molecule has 1 amide bonds. The molecule has 21 heavy (non-hydrogen) atoms. The molecule has 0 aliphatic carbocycles. The maximum atomic E-state index is 11.4. The summed E-state index contributed by atoms with van der Waals surface area (Å²) in [5.41, 5.74) is 1.73. The Labute approximate surface area is 127 Å². The molecule has 0 saturated carbocycles. The van der Waals surface area contributed by atoms with E-state index in [0.717, 1.165) is 22.9 Å². The Balaban J connectivity index is 1.87. The molecule has 0 aliphatic heterocycles. The first-order valence-corrected chi connectivity index (χ1v) is 7.36. The fraction of sp³-hybridized carbons (Fsp3) is 0.357. The fourth-order valence-electron chi connectivity index (χ4n) is 1.72. The molecule has 6 nitrogen and oxygen atoms in total. The second kappa shape index (κ2) is 7.70. The van der Waals surface area contributed by atoms with E-state index >= 15 is 0 Å². The normalized spacial score (nSPS) is 10.4. The SMILES string of the molecule is CNC(=O)c1ccc(CNc2nc(CCOC)ns2)cc1. The summed E-state index contributed by atoms with van der Waals surface area (Å²) < 4.78 is 9.25. The van der Waals surface area contributed by atoms with E-state index in [1.807, 2.05) is 12.1 Å². The third-order valence-electron chi connectivity index (χ3n) is 2.88. The quantitative estimate of drug-likeness (QED) is 0.814. The zero-order chi connectivity index (χ0) is 15.1. The third-order valence-corrected chi connectivity index (χ3v) is 3.60. The van der Waals surface area contributed by atoms with Crippen LogP contribution in [0.25, 0.3) is 0 Å². The Morgan fingerprint density at radius 1 is 1.33 bits per heavy atom. The fourth-order valence-corrected chi connectivity index (χ4v) is 2.32. The molecule has 0 saturated heterocycles. The van der Waals surface area contributed by atoms with Gasteiger partial charge in [0.25, 0.3) is 5.91 Å². The highest BCUT2D eigenvalue weighted by Gasteiger charge is 2.05. The first-order valence-electron chi connectivity index (χ1n) is 6.59. The second-order valence-corrected chi connectivity index (χ2v) is 5.14. The molecule has 0 spiro atoms. The Kier molecular flexibility index (Phi) is 5.65. The number of rotatable bonds is 7. The molecule has 0 unspecified atom stereocenters. The Hall–Kier alpha value is -1.99. The van der Waals surface area contributed by atoms with E-state index in [0.29, 0.717) is 18.7 Å². The highest BCUT2D eigenvalue weighted by molar-refractivity contribution is 7.09. The molecule has 0 radical (unpaired) electrons. The zero-order valence-corrected chi connectivity index (χ0v) is 12.9. The lowest BCUT2D eigenvalue weighted by molar-refractivity contribution is 0.0963. The van der Waals surface area contributed by atoms with Crippen LogP contribution in [0.2, 0.25) is 0 Å². The van der Waals surface area contributed by atoms with Crippen LogP contribution < -0.4 is 10.6 Å². The van der Waals surface area contributed by atoms with Crippen LogP contribution in [-0.4, -0.2) is 36.0 Å². The second-order valence-electron chi connectivity index (χ2n) is 4.39. The molecule has 112 valence electrons. The number of benzene rings is 1. The number of amides is 1. The van der Waals surface area contributed by atoms with Crippen molar-refractivity contribution < 1.29 is 9.53 Å². The summed E-state index contributed by atoms with van der Waals surface area (Å²) in [7, 11) is 3.28. The number of hydrogen-bond acceptors (Lipinski definition) is 6. The number of ether oxygens (including phenoxy) is 1. The van der Waals surface area contributed by atoms with Gasteiger partial charge in [-0.15, -0.1) is 0 Å². The molecule has 0 fully saturated rings. The van der Waals surface area contributed by atoms with Crippen LogP contribution in [-0.2, 0) is 17.7 Å². The molecule has 2 N–H and O–H groups in total. The summed E-state index contributed by atoms with van der Waals surface area (Å²) in [6, 6.07) is 7.45. The zero-order valence-electron chi connectivity index (χ0n) is 12.0. The van der Waals surface area contributed by atoms with Crippen LogP contribution >= 0.6 is 11.5 Å². The van der Waals surface area contributed by atoms with Gasteiger partial charge in [-0.3, -0.25) is 4.79 Å². The smallest absolute Gasteiger partial charge is 0.251 e. The van der Waals surface area contributed by atoms with Crippen molar-refractivity contribution in [3.63, 3.8) is 0 Å². The highest BCUT2D eigenvalue weighted by Crippen LogP contribution is 2.13. The first kappa shape index (κ1) is 15.4. The molecule has 0 atom stereocenters. The maximum Gasteiger partial charge on any atom is 0.251 e. The Morgan fingerprint density at radius 2 is 2.10 bits per heavy atom. The number of aromatic nitrogens is 2. The summed E-state index contributed by atoms with van der Waals surface area (Å²) in [6.07, 6.45) is 0.718. The van der Waals surface area contributed by atoms with Crippen molar-refractivity contribution in [3.05, 3.63) is 41.2 Å². The number of hydrogen-bond donors (Lipinski definition) is 2. The van der Waals surface area contributed by atoms with E-state index in [9.17, 15) is 4.79 Å². The van der Waals surface area contributed by atoms with E-state index in [1.54, 1.807) is 26.3 Å². The Bertz CT molecular complexity index is 583. The van der Waals surface area contributed by atoms with Crippen molar-refractivity contribution in [2.45, 2.75) is 13.0 Å². The van der Waals surface area contributed by atoms with Crippen molar-refractivity contribution in [1.29, 1.82) is 0 Å². The average Bonchev–Trinajstić information content (AvgIpc) is 2.98. The van der Waals surface area contributed by atoms with Crippen molar-refractivity contribution in [3.8, 4) is 0 Å². The standard InChI is InChI=1S/C14H18N4O2S/c1-15-13(19)11-5-3-10(4-6-11)9-16-14-17-12(18-21-14)7-8-20-2/h3-6H,7-9H2,1-2H3,(H,15,19)(H,16,17,18). The van der Waals surface area contributed by atoms with Crippen molar-refractivity contribution >= 4 is 22.6 Å². The molecule has 1 aromatic carbocycles. The number of nitrogens with zero attached hydrogens (tertiary/aromatic N) is 2. The lowest BCUT2D eigenvalue weighted by Gasteiger charge is -2.04. The molecule has 2 aromatic rings. The molecule has 1 aromatic heterocycles. The van der Waals surface area contributed by atoms with E-state index in [4.69, 9.17) is 4.74 Å². The van der Waals surface area contributed by atoms with Crippen LogP contribution in [0.3, 0.4) is 0 Å². The number of nitrogens with one attached hydrogen (secondary N) is 2. The minimum atomic E-state index is -0.0820. The molecular formula is C14H18N4O2S. The van der Waals surface area contributed by atoms with Gasteiger partial charge in [0, 0.05) is 44.2 Å². The molecule has 7 heteroatoms. The van der Waals surface area contributed by atoms with Gasteiger partial charge in [-0.05, 0) is 17.7 Å². The van der Waals surface area contributed by atoms with Crippen molar-refractivity contribution in [2.24, 2.45) is 0 Å². The van der Waals surface area contributed by atoms with E-state index in [-0.39, 0.29) is 5.91 Å². The van der Waals surface area contributed by atoms with E-state index < -0.39 is 0 Å². The van der Waals surface area contributed by atoms with Crippen molar-refractivity contribution in [1.82, 2.24) is 14.7 Å². The van der Waals surface area contributed by atoms with Gasteiger partial charge in [-0.25, -0.2) is 4.98 Å². The summed E-state index contributed by atoms with van der Waals surface area (Å²) in [5, 5.41) is 6.61. The van der Waals surface area contributed by atoms with Crippen LogP contribution in [0, 0.1) is 0 Å². The van der Waals surface area contributed by atoms with Crippen LogP contribution in [0.4, 0.5) is 5.13 Å². The lowest BCUT2D eigenvalue weighted by Crippen LogP contribution is -2.17. The number of methoxy groups -OCH3 is 1. The van der Waals surface area contributed by atoms with Gasteiger partial charge in [-0.1, -0.05) is 12.1 Å². The average molecular weight is 306 g/mol. The molecule has 1 heterocycles. The van der Waals surface area contributed by atoms with Gasteiger partial charge in [0.15, 0.2) is 0 Å². The molecular weight excluding hydrogens is 288 g/mol. The summed E-state index contributed by atoms with van der Waals surface area (Å²) in [4.78, 5) is 15.8. The molecule has 2 rings (SSSR count). The number of carbonyl (C=O) groups excluding carboxylic acids is 1. The van der Waals surface area contributed by atoms with Crippen LogP contribution in [0.15, 0.2) is 24.3 Å². The third kappa shape index (κ3) is 4.51.